The van der Waals surface area contributed by atoms with Gasteiger partial charge in [0.2, 0.25) is 5.91 Å². The van der Waals surface area contributed by atoms with Crippen molar-refractivity contribution < 1.29 is 19.1 Å². The first-order chi connectivity index (χ1) is 11.6. The summed E-state index contributed by atoms with van der Waals surface area (Å²) in [5, 5.41) is 2.61. The zero-order valence-electron chi connectivity index (χ0n) is 13.9. The van der Waals surface area contributed by atoms with E-state index in [1.807, 2.05) is 6.07 Å². The lowest BCUT2D eigenvalue weighted by molar-refractivity contribution is -0.117. The molecule has 0 aromatic heterocycles. The van der Waals surface area contributed by atoms with Crippen molar-refractivity contribution in [2.75, 3.05) is 32.7 Å². The number of amides is 2. The molecule has 2 aromatic rings. The minimum Gasteiger partial charge on any atom is -0.493 e. The molecule has 2 amide bonds. The Morgan fingerprint density at radius 1 is 1.00 bits per heavy atom. The zero-order chi connectivity index (χ0) is 17.5. The van der Waals surface area contributed by atoms with Gasteiger partial charge in [0, 0.05) is 24.4 Å². The molecule has 6 nitrogen and oxygen atoms in total. The molecule has 0 aliphatic rings. The van der Waals surface area contributed by atoms with E-state index in [1.54, 1.807) is 56.6 Å². The molecule has 0 bridgehead atoms. The number of hydrogen-bond donors (Lipinski definition) is 1. The number of rotatable bonds is 6. The molecule has 6 heteroatoms. The van der Waals surface area contributed by atoms with E-state index >= 15 is 0 Å². The van der Waals surface area contributed by atoms with Gasteiger partial charge in [-0.2, -0.15) is 0 Å². The van der Waals surface area contributed by atoms with Crippen molar-refractivity contribution >= 4 is 17.5 Å². The second-order valence-corrected chi connectivity index (χ2v) is 5.04. The summed E-state index contributed by atoms with van der Waals surface area (Å²) in [5.74, 6) is 0.582. The third kappa shape index (κ3) is 4.04. The molecule has 0 unspecified atom stereocenters. The SMILES string of the molecule is COc1ccc(N(C)C(=O)CNC(=O)c2ccccc2)cc1OC. The lowest BCUT2D eigenvalue weighted by atomic mass is 10.2. The maximum atomic E-state index is 12.3. The third-order valence-corrected chi connectivity index (χ3v) is 3.56. The summed E-state index contributed by atoms with van der Waals surface area (Å²) < 4.78 is 10.4. The summed E-state index contributed by atoms with van der Waals surface area (Å²) in [6.07, 6.45) is 0. The third-order valence-electron chi connectivity index (χ3n) is 3.56. The van der Waals surface area contributed by atoms with Gasteiger partial charge in [-0.1, -0.05) is 18.2 Å². The summed E-state index contributed by atoms with van der Waals surface area (Å²) in [6.45, 7) is -0.0986. The number of hydrogen-bond acceptors (Lipinski definition) is 4. The standard InChI is InChI=1S/C18H20N2O4/c1-20(14-9-10-15(23-2)16(11-14)24-3)17(21)12-19-18(22)13-7-5-4-6-8-13/h4-11H,12H2,1-3H3,(H,19,22). The fraction of sp³-hybridized carbons (Fsp3) is 0.222. The van der Waals surface area contributed by atoms with Crippen molar-refractivity contribution in [2.45, 2.75) is 0 Å². The van der Waals surface area contributed by atoms with Gasteiger partial charge < -0.3 is 19.7 Å². The molecule has 0 saturated carbocycles. The average Bonchev–Trinajstić information content (AvgIpc) is 2.65. The predicted molar refractivity (Wildman–Crippen MR) is 91.7 cm³/mol. The van der Waals surface area contributed by atoms with Gasteiger partial charge in [-0.3, -0.25) is 9.59 Å². The number of nitrogens with zero attached hydrogens (tertiary/aromatic N) is 1. The molecule has 0 fully saturated rings. The van der Waals surface area contributed by atoms with Crippen LogP contribution in [0.4, 0.5) is 5.69 Å². The van der Waals surface area contributed by atoms with Crippen LogP contribution < -0.4 is 19.7 Å². The van der Waals surface area contributed by atoms with Gasteiger partial charge in [-0.15, -0.1) is 0 Å². The maximum Gasteiger partial charge on any atom is 0.251 e. The zero-order valence-corrected chi connectivity index (χ0v) is 13.9. The van der Waals surface area contributed by atoms with E-state index in [4.69, 9.17) is 9.47 Å². The summed E-state index contributed by atoms with van der Waals surface area (Å²) in [6, 6.07) is 13.9. The van der Waals surface area contributed by atoms with Crippen LogP contribution in [0.3, 0.4) is 0 Å². The molecule has 0 aliphatic carbocycles. The first-order valence-corrected chi connectivity index (χ1v) is 7.38. The van der Waals surface area contributed by atoms with Crippen LogP contribution in [0.15, 0.2) is 48.5 Å². The van der Waals surface area contributed by atoms with Gasteiger partial charge in [0.1, 0.15) is 0 Å². The van der Waals surface area contributed by atoms with Gasteiger partial charge >= 0.3 is 0 Å². The van der Waals surface area contributed by atoms with E-state index < -0.39 is 0 Å². The van der Waals surface area contributed by atoms with E-state index in [0.717, 1.165) is 0 Å². The van der Waals surface area contributed by atoms with Crippen LogP contribution in [0.5, 0.6) is 11.5 Å². The number of benzene rings is 2. The van der Waals surface area contributed by atoms with E-state index in [2.05, 4.69) is 5.32 Å². The van der Waals surface area contributed by atoms with Crippen molar-refractivity contribution in [2.24, 2.45) is 0 Å². The highest BCUT2D eigenvalue weighted by Crippen LogP contribution is 2.31. The van der Waals surface area contributed by atoms with Crippen molar-refractivity contribution in [1.29, 1.82) is 0 Å². The van der Waals surface area contributed by atoms with E-state index in [0.29, 0.717) is 22.7 Å². The van der Waals surface area contributed by atoms with Crippen molar-refractivity contribution in [3.05, 3.63) is 54.1 Å². The van der Waals surface area contributed by atoms with Crippen LogP contribution >= 0.6 is 0 Å². The second-order valence-electron chi connectivity index (χ2n) is 5.04. The molecule has 24 heavy (non-hydrogen) atoms. The fourth-order valence-electron chi connectivity index (χ4n) is 2.14. The highest BCUT2D eigenvalue weighted by molar-refractivity contribution is 6.00. The smallest absolute Gasteiger partial charge is 0.251 e. The Kier molecular flexibility index (Phi) is 5.78. The topological polar surface area (TPSA) is 67.9 Å². The summed E-state index contributed by atoms with van der Waals surface area (Å²) >= 11 is 0. The number of nitrogens with one attached hydrogen (secondary N) is 1. The first kappa shape index (κ1) is 17.3. The molecule has 2 aromatic carbocycles. The van der Waals surface area contributed by atoms with E-state index in [-0.39, 0.29) is 18.4 Å². The Morgan fingerprint density at radius 2 is 1.67 bits per heavy atom. The molecular weight excluding hydrogens is 308 g/mol. The van der Waals surface area contributed by atoms with Crippen molar-refractivity contribution in [3.8, 4) is 11.5 Å². The number of anilines is 1. The van der Waals surface area contributed by atoms with Gasteiger partial charge in [0.25, 0.3) is 5.91 Å². The Hall–Kier alpha value is -3.02. The molecule has 2 rings (SSSR count). The van der Waals surface area contributed by atoms with E-state index in [1.165, 1.54) is 12.0 Å². The predicted octanol–water partition coefficient (Wildman–Crippen LogP) is 2.10. The summed E-state index contributed by atoms with van der Waals surface area (Å²) in [4.78, 5) is 25.7. The number of likely N-dealkylation sites (N-methyl/N-ethyl adjacent to an activating group) is 1. The molecule has 0 spiro atoms. The van der Waals surface area contributed by atoms with E-state index in [9.17, 15) is 9.59 Å². The van der Waals surface area contributed by atoms with Crippen LogP contribution in [0.1, 0.15) is 10.4 Å². The monoisotopic (exact) mass is 328 g/mol. The van der Waals surface area contributed by atoms with Gasteiger partial charge in [0.05, 0.1) is 20.8 Å². The van der Waals surface area contributed by atoms with Crippen LogP contribution in [-0.4, -0.2) is 39.6 Å². The van der Waals surface area contributed by atoms with Crippen LogP contribution in [0.25, 0.3) is 0 Å². The Labute approximate surface area is 141 Å². The highest BCUT2D eigenvalue weighted by Gasteiger charge is 2.15. The molecule has 126 valence electrons. The van der Waals surface area contributed by atoms with Crippen LogP contribution in [-0.2, 0) is 4.79 Å². The van der Waals surface area contributed by atoms with Crippen molar-refractivity contribution in [3.63, 3.8) is 0 Å². The Balaban J connectivity index is 2.01. The molecule has 0 heterocycles. The molecule has 0 radical (unpaired) electrons. The Bertz CT molecular complexity index is 716. The lowest BCUT2D eigenvalue weighted by Gasteiger charge is -2.19. The maximum absolute atomic E-state index is 12.3. The van der Waals surface area contributed by atoms with Gasteiger partial charge in [-0.05, 0) is 24.3 Å². The van der Waals surface area contributed by atoms with Crippen LogP contribution in [0, 0.1) is 0 Å². The number of ether oxygens (including phenoxy) is 2. The van der Waals surface area contributed by atoms with Crippen LogP contribution in [0.2, 0.25) is 0 Å². The highest BCUT2D eigenvalue weighted by atomic mass is 16.5. The number of carbonyl (C=O) groups is 2. The van der Waals surface area contributed by atoms with Crippen molar-refractivity contribution in [1.82, 2.24) is 5.32 Å². The largest absolute Gasteiger partial charge is 0.493 e. The minimum absolute atomic E-state index is 0.0986. The summed E-state index contributed by atoms with van der Waals surface area (Å²) in [5.41, 5.74) is 1.16. The average molecular weight is 328 g/mol. The lowest BCUT2D eigenvalue weighted by Crippen LogP contribution is -2.38. The minimum atomic E-state index is -0.287. The quantitative estimate of drug-likeness (QED) is 0.882. The normalized spacial score (nSPS) is 9.96. The molecule has 0 aliphatic heterocycles. The van der Waals surface area contributed by atoms with Gasteiger partial charge in [-0.25, -0.2) is 0 Å². The van der Waals surface area contributed by atoms with Gasteiger partial charge in [0.15, 0.2) is 11.5 Å². The second kappa shape index (κ2) is 8.01. The Morgan fingerprint density at radius 3 is 2.29 bits per heavy atom. The molecule has 0 saturated heterocycles. The summed E-state index contributed by atoms with van der Waals surface area (Å²) in [7, 11) is 4.72. The molecule has 1 N–H and O–H groups in total. The first-order valence-electron chi connectivity index (χ1n) is 7.38. The molecule has 0 atom stereocenters. The number of methoxy groups -OCH3 is 2. The number of carbonyl (C=O) groups excluding carboxylic acids is 2. The molecular formula is C18H20N2O4. The fourth-order valence-corrected chi connectivity index (χ4v) is 2.14.